The summed E-state index contributed by atoms with van der Waals surface area (Å²) in [6.45, 7) is 0.216. The van der Waals surface area contributed by atoms with Gasteiger partial charge in [0.25, 0.3) is 0 Å². The molecule has 29 heavy (non-hydrogen) atoms. The first-order valence-electron chi connectivity index (χ1n) is 8.78. The number of hydrogen-bond donors (Lipinski definition) is 2. The molecule has 0 saturated carbocycles. The number of amidine groups is 1. The topological polar surface area (TPSA) is 82.0 Å². The normalized spacial score (nSPS) is 21.1. The van der Waals surface area contributed by atoms with E-state index in [1.54, 1.807) is 19.0 Å². The van der Waals surface area contributed by atoms with E-state index in [0.717, 1.165) is 5.56 Å². The van der Waals surface area contributed by atoms with Crippen LogP contribution in [0.25, 0.3) is 0 Å². The van der Waals surface area contributed by atoms with E-state index in [4.69, 9.17) is 23.2 Å². The Morgan fingerprint density at radius 1 is 1.24 bits per heavy atom. The lowest BCUT2D eigenvalue weighted by molar-refractivity contribution is -0.0348. The van der Waals surface area contributed by atoms with Crippen molar-refractivity contribution in [1.29, 1.82) is 0 Å². The monoisotopic (exact) mass is 473 g/mol. The van der Waals surface area contributed by atoms with Gasteiger partial charge < -0.3 is 10.0 Å². The van der Waals surface area contributed by atoms with Gasteiger partial charge in [-0.3, -0.25) is 4.99 Å². The zero-order chi connectivity index (χ0) is 21.2. The van der Waals surface area contributed by atoms with Crippen molar-refractivity contribution in [2.24, 2.45) is 4.99 Å². The van der Waals surface area contributed by atoms with Crippen molar-refractivity contribution in [1.82, 2.24) is 9.62 Å². The minimum atomic E-state index is -3.90. The molecule has 10 heteroatoms. The molecule has 1 heterocycles. The van der Waals surface area contributed by atoms with Crippen LogP contribution < -0.4 is 4.72 Å². The Morgan fingerprint density at radius 3 is 2.55 bits per heavy atom. The van der Waals surface area contributed by atoms with Crippen LogP contribution in [0.5, 0.6) is 0 Å². The fourth-order valence-electron chi connectivity index (χ4n) is 3.08. The Bertz CT molecular complexity index is 1030. The molecule has 0 radical (unpaired) electrons. The summed E-state index contributed by atoms with van der Waals surface area (Å²) in [6.07, 6.45) is 0.539. The maximum absolute atomic E-state index is 12.9. The number of aliphatic hydroxyl groups is 1. The summed E-state index contributed by atoms with van der Waals surface area (Å²) < 4.78 is 28.3. The molecule has 2 N–H and O–H groups in total. The zero-order valence-electron chi connectivity index (χ0n) is 15.9. The number of rotatable bonds is 6. The van der Waals surface area contributed by atoms with Crippen molar-refractivity contribution < 1.29 is 13.5 Å². The van der Waals surface area contributed by atoms with E-state index in [1.165, 1.54) is 23.9 Å². The third kappa shape index (κ3) is 4.57. The third-order valence-electron chi connectivity index (χ3n) is 4.73. The first-order valence-corrected chi connectivity index (χ1v) is 12.0. The first kappa shape index (κ1) is 22.4. The molecule has 0 bridgehead atoms. The van der Waals surface area contributed by atoms with Gasteiger partial charge in [-0.05, 0) is 24.1 Å². The lowest BCUT2D eigenvalue weighted by Crippen LogP contribution is -2.42. The summed E-state index contributed by atoms with van der Waals surface area (Å²) in [5.41, 5.74) is -0.209. The first-order chi connectivity index (χ1) is 13.7. The van der Waals surface area contributed by atoms with Gasteiger partial charge >= 0.3 is 0 Å². The second-order valence-electron chi connectivity index (χ2n) is 6.57. The Kier molecular flexibility index (Phi) is 6.82. The van der Waals surface area contributed by atoms with Crippen molar-refractivity contribution in [3.8, 4) is 0 Å². The molecule has 1 atom stereocenters. The van der Waals surface area contributed by atoms with Crippen molar-refractivity contribution in [3.05, 3.63) is 63.6 Å². The second kappa shape index (κ2) is 8.83. The van der Waals surface area contributed by atoms with E-state index in [-0.39, 0.29) is 32.8 Å². The largest absolute Gasteiger partial charge is 0.366 e. The van der Waals surface area contributed by atoms with Crippen molar-refractivity contribution in [2.75, 3.05) is 26.4 Å². The van der Waals surface area contributed by atoms with Crippen LogP contribution in [0.2, 0.25) is 10.0 Å². The highest BCUT2D eigenvalue weighted by molar-refractivity contribution is 8.14. The molecule has 1 fully saturated rings. The molecule has 1 aliphatic rings. The Balaban J connectivity index is 1.89. The summed E-state index contributed by atoms with van der Waals surface area (Å²) in [4.78, 5) is 5.57. The zero-order valence-corrected chi connectivity index (χ0v) is 19.0. The molecule has 1 saturated heterocycles. The number of benzene rings is 2. The van der Waals surface area contributed by atoms with Crippen LogP contribution in [-0.2, 0) is 22.2 Å². The lowest BCUT2D eigenvalue weighted by atomic mass is 10.0. The molecule has 2 aromatic carbocycles. The maximum atomic E-state index is 12.9. The van der Waals surface area contributed by atoms with Gasteiger partial charge in [0.15, 0.2) is 10.9 Å². The number of nitrogens with zero attached hydrogens (tertiary/aromatic N) is 2. The number of aliphatic imine (C=N–C) groups is 1. The smallest absolute Gasteiger partial charge is 0.242 e. The third-order valence-corrected chi connectivity index (χ3v) is 8.23. The van der Waals surface area contributed by atoms with Gasteiger partial charge in [-0.25, -0.2) is 13.1 Å². The molecular formula is C19H21Cl2N3O3S2. The minimum absolute atomic E-state index is 0.00718. The summed E-state index contributed by atoms with van der Waals surface area (Å²) in [7, 11) is -0.595. The van der Waals surface area contributed by atoms with Gasteiger partial charge in [0.2, 0.25) is 10.0 Å². The summed E-state index contributed by atoms with van der Waals surface area (Å²) in [5.74, 6) is 0.262. The number of halogens is 2. The number of hydrogen-bond acceptors (Lipinski definition) is 5. The molecule has 2 aromatic rings. The Morgan fingerprint density at radius 2 is 1.93 bits per heavy atom. The van der Waals surface area contributed by atoms with Gasteiger partial charge in [0.05, 0.1) is 15.8 Å². The van der Waals surface area contributed by atoms with Gasteiger partial charge in [0.1, 0.15) is 4.90 Å². The van der Waals surface area contributed by atoms with Crippen LogP contribution >= 0.6 is 35.0 Å². The highest BCUT2D eigenvalue weighted by atomic mass is 35.5. The molecule has 0 aromatic heterocycles. The van der Waals surface area contributed by atoms with Crippen LogP contribution in [0, 0.1) is 0 Å². The van der Waals surface area contributed by atoms with E-state index in [9.17, 15) is 13.5 Å². The van der Waals surface area contributed by atoms with Crippen LogP contribution in [0.4, 0.5) is 0 Å². The summed E-state index contributed by atoms with van der Waals surface area (Å²) in [5, 5.41) is 12.0. The SMILES string of the molecule is C/N=C1\SCC(O)(c2cc(S(=O)(=O)NCCc3ccccc3)c(Cl)cc2Cl)N1C. The second-order valence-corrected chi connectivity index (χ2v) is 10.1. The van der Waals surface area contributed by atoms with Crippen molar-refractivity contribution in [2.45, 2.75) is 17.0 Å². The van der Waals surface area contributed by atoms with E-state index in [2.05, 4.69) is 9.71 Å². The molecule has 3 rings (SSSR count). The van der Waals surface area contributed by atoms with Gasteiger partial charge in [-0.1, -0.05) is 65.3 Å². The van der Waals surface area contributed by atoms with Crippen molar-refractivity contribution in [3.63, 3.8) is 0 Å². The number of sulfonamides is 1. The summed E-state index contributed by atoms with van der Waals surface area (Å²) >= 11 is 13.9. The molecule has 0 aliphatic carbocycles. The number of thioether (sulfide) groups is 1. The average Bonchev–Trinajstić information content (AvgIpc) is 2.97. The van der Waals surface area contributed by atoms with Crippen LogP contribution in [0.3, 0.4) is 0 Å². The Hall–Kier alpha value is -1.29. The molecule has 0 spiro atoms. The lowest BCUT2D eigenvalue weighted by Gasteiger charge is -2.32. The van der Waals surface area contributed by atoms with E-state index >= 15 is 0 Å². The minimum Gasteiger partial charge on any atom is -0.366 e. The quantitative estimate of drug-likeness (QED) is 0.672. The van der Waals surface area contributed by atoms with Crippen molar-refractivity contribution >= 4 is 50.2 Å². The molecule has 0 amide bonds. The van der Waals surface area contributed by atoms with Crippen LogP contribution in [0.15, 0.2) is 52.4 Å². The van der Waals surface area contributed by atoms with Gasteiger partial charge in [-0.2, -0.15) is 0 Å². The molecule has 156 valence electrons. The fourth-order valence-corrected chi connectivity index (χ4v) is 6.19. The van der Waals surface area contributed by atoms with E-state index in [0.29, 0.717) is 11.6 Å². The van der Waals surface area contributed by atoms with Crippen LogP contribution in [-0.4, -0.2) is 50.0 Å². The van der Waals surface area contributed by atoms with Crippen LogP contribution in [0.1, 0.15) is 11.1 Å². The molecular weight excluding hydrogens is 453 g/mol. The predicted molar refractivity (Wildman–Crippen MR) is 119 cm³/mol. The Labute approximate surface area is 185 Å². The predicted octanol–water partition coefficient (Wildman–Crippen LogP) is 3.32. The van der Waals surface area contributed by atoms with Gasteiger partial charge in [-0.15, -0.1) is 0 Å². The average molecular weight is 474 g/mol. The molecule has 1 unspecified atom stereocenters. The van der Waals surface area contributed by atoms with E-state index in [1.807, 2.05) is 30.3 Å². The van der Waals surface area contributed by atoms with Gasteiger partial charge in [0, 0.05) is 26.2 Å². The maximum Gasteiger partial charge on any atom is 0.242 e. The van der Waals surface area contributed by atoms with E-state index < -0.39 is 15.7 Å². The highest BCUT2D eigenvalue weighted by Gasteiger charge is 2.44. The standard InChI is InChI=1S/C19H21Cl2N3O3S2/c1-22-18-24(2)19(25,12-28-18)14-10-17(16(21)11-15(14)20)29(26,27)23-9-8-13-6-4-3-5-7-13/h3-7,10-11,23,25H,8-9,12H2,1-2H3/b22-18-. The highest BCUT2D eigenvalue weighted by Crippen LogP contribution is 2.42. The molecule has 1 aliphatic heterocycles. The summed E-state index contributed by atoms with van der Waals surface area (Å²) in [6, 6.07) is 12.2. The number of nitrogens with one attached hydrogen (secondary N) is 1. The molecule has 6 nitrogen and oxygen atoms in total. The fraction of sp³-hybridized carbons (Fsp3) is 0.316.